The Bertz CT molecular complexity index is 614. The molecule has 0 saturated heterocycles. The van der Waals surface area contributed by atoms with Crippen molar-refractivity contribution in [2.75, 3.05) is 13.2 Å². The molecule has 0 amide bonds. The Morgan fingerprint density at radius 3 is 2.57 bits per heavy atom. The average molecular weight is 311 g/mol. The van der Waals surface area contributed by atoms with E-state index >= 15 is 0 Å². The topological polar surface area (TPSA) is 78.6 Å². The van der Waals surface area contributed by atoms with E-state index in [0.29, 0.717) is 42.4 Å². The zero-order valence-corrected chi connectivity index (χ0v) is 12.8. The third kappa shape index (κ3) is 3.01. The van der Waals surface area contributed by atoms with E-state index in [-0.39, 0.29) is 11.3 Å². The molecule has 116 valence electrons. The number of nitrogens with two attached hydrogens (primary N) is 1. The van der Waals surface area contributed by atoms with Gasteiger partial charge in [0, 0.05) is 18.5 Å². The predicted octanol–water partition coefficient (Wildman–Crippen LogP) is 1.89. The predicted molar refractivity (Wildman–Crippen MR) is 79.5 cm³/mol. The van der Waals surface area contributed by atoms with Crippen LogP contribution in [-0.2, 0) is 9.84 Å². The van der Waals surface area contributed by atoms with Crippen molar-refractivity contribution in [3.05, 3.63) is 18.2 Å². The van der Waals surface area contributed by atoms with Crippen LogP contribution in [0.2, 0.25) is 0 Å². The number of sulfone groups is 1. The molecule has 1 aliphatic heterocycles. The van der Waals surface area contributed by atoms with Crippen molar-refractivity contribution in [3.8, 4) is 11.5 Å². The smallest absolute Gasteiger partial charge is 0.181 e. The van der Waals surface area contributed by atoms with Crippen molar-refractivity contribution in [2.24, 2.45) is 5.73 Å². The molecule has 1 heterocycles. The summed E-state index contributed by atoms with van der Waals surface area (Å²) in [7, 11) is -3.36. The first kappa shape index (κ1) is 14.7. The van der Waals surface area contributed by atoms with Gasteiger partial charge in [0.15, 0.2) is 21.3 Å². The van der Waals surface area contributed by atoms with Crippen LogP contribution in [0.5, 0.6) is 11.5 Å². The molecule has 6 heteroatoms. The molecule has 2 atom stereocenters. The third-order valence-electron chi connectivity index (χ3n) is 4.15. The van der Waals surface area contributed by atoms with Gasteiger partial charge in [-0.1, -0.05) is 6.42 Å². The minimum absolute atomic E-state index is 0.0149. The quantitative estimate of drug-likeness (QED) is 0.902. The highest BCUT2D eigenvalue weighted by Gasteiger charge is 2.32. The fourth-order valence-corrected chi connectivity index (χ4v) is 4.87. The van der Waals surface area contributed by atoms with Gasteiger partial charge in [0.05, 0.1) is 23.4 Å². The molecule has 0 bridgehead atoms. The van der Waals surface area contributed by atoms with Crippen molar-refractivity contribution in [3.63, 3.8) is 0 Å². The maximum Gasteiger partial charge on any atom is 0.181 e. The first-order valence-corrected chi connectivity index (χ1v) is 9.01. The van der Waals surface area contributed by atoms with Crippen molar-refractivity contribution < 1.29 is 17.9 Å². The molecule has 2 N–H and O–H groups in total. The van der Waals surface area contributed by atoms with Gasteiger partial charge in [0.25, 0.3) is 0 Å². The fraction of sp³-hybridized carbons (Fsp3) is 0.600. The lowest BCUT2D eigenvalue weighted by atomic mass is 9.96. The summed E-state index contributed by atoms with van der Waals surface area (Å²) in [5, 5.41) is -0.383. The second-order valence-electron chi connectivity index (χ2n) is 5.75. The number of hydrogen-bond acceptors (Lipinski definition) is 5. The van der Waals surface area contributed by atoms with E-state index in [1.54, 1.807) is 18.2 Å². The number of rotatable bonds is 2. The number of fused-ring (bicyclic) bond motifs is 1. The molecular weight excluding hydrogens is 290 g/mol. The highest BCUT2D eigenvalue weighted by atomic mass is 32.2. The Balaban J connectivity index is 1.90. The SMILES string of the molecule is NC1CCCC(S(=O)(=O)c2ccc3c(c2)OCCCO3)C1. The minimum Gasteiger partial charge on any atom is -0.490 e. The lowest BCUT2D eigenvalue weighted by Gasteiger charge is -2.26. The van der Waals surface area contributed by atoms with Gasteiger partial charge in [-0.25, -0.2) is 8.42 Å². The van der Waals surface area contributed by atoms with E-state index < -0.39 is 9.84 Å². The van der Waals surface area contributed by atoms with E-state index in [9.17, 15) is 8.42 Å². The molecule has 0 spiro atoms. The van der Waals surface area contributed by atoms with E-state index in [1.807, 2.05) is 0 Å². The lowest BCUT2D eigenvalue weighted by molar-refractivity contribution is 0.297. The highest BCUT2D eigenvalue weighted by molar-refractivity contribution is 7.92. The molecular formula is C15H21NO4S. The Labute approximate surface area is 125 Å². The monoisotopic (exact) mass is 311 g/mol. The second-order valence-corrected chi connectivity index (χ2v) is 7.98. The summed E-state index contributed by atoms with van der Waals surface area (Å²) in [6, 6.07) is 4.88. The normalized spacial score (nSPS) is 26.1. The first-order chi connectivity index (χ1) is 10.1. The summed E-state index contributed by atoms with van der Waals surface area (Å²) in [6.45, 7) is 1.14. The van der Waals surface area contributed by atoms with E-state index in [2.05, 4.69) is 0 Å². The molecule has 1 aromatic carbocycles. The molecule has 1 aromatic rings. The lowest BCUT2D eigenvalue weighted by Crippen LogP contribution is -2.35. The molecule has 1 saturated carbocycles. The van der Waals surface area contributed by atoms with Crippen LogP contribution in [0.15, 0.2) is 23.1 Å². The summed E-state index contributed by atoms with van der Waals surface area (Å²) in [6.07, 6.45) is 3.80. The number of hydrogen-bond donors (Lipinski definition) is 1. The van der Waals surface area contributed by atoms with Crippen molar-refractivity contribution in [1.29, 1.82) is 0 Å². The van der Waals surface area contributed by atoms with Crippen molar-refractivity contribution in [2.45, 2.75) is 48.3 Å². The van der Waals surface area contributed by atoms with Crippen LogP contribution < -0.4 is 15.2 Å². The first-order valence-electron chi connectivity index (χ1n) is 7.46. The Morgan fingerprint density at radius 1 is 1.05 bits per heavy atom. The van der Waals surface area contributed by atoms with Crippen LogP contribution in [-0.4, -0.2) is 32.9 Å². The third-order valence-corrected chi connectivity index (χ3v) is 6.37. The zero-order valence-electron chi connectivity index (χ0n) is 12.0. The molecule has 2 aliphatic rings. The van der Waals surface area contributed by atoms with Gasteiger partial charge in [-0.05, 0) is 31.4 Å². The number of benzene rings is 1. The summed E-state index contributed by atoms with van der Waals surface area (Å²) in [5.74, 6) is 1.14. The van der Waals surface area contributed by atoms with Crippen LogP contribution >= 0.6 is 0 Å². The molecule has 1 fully saturated rings. The molecule has 0 radical (unpaired) electrons. The van der Waals surface area contributed by atoms with Crippen LogP contribution in [0, 0.1) is 0 Å². The highest BCUT2D eigenvalue weighted by Crippen LogP contribution is 2.35. The van der Waals surface area contributed by atoms with Crippen molar-refractivity contribution >= 4 is 9.84 Å². The van der Waals surface area contributed by atoms with Crippen molar-refractivity contribution in [1.82, 2.24) is 0 Å². The largest absolute Gasteiger partial charge is 0.490 e. The standard InChI is InChI=1S/C15H21NO4S/c16-11-3-1-4-12(9-11)21(17,18)13-5-6-14-15(10-13)20-8-2-7-19-14/h5-6,10-12H,1-4,7-9,16H2. The Morgan fingerprint density at radius 2 is 1.81 bits per heavy atom. The van der Waals surface area contributed by atoms with Gasteiger partial charge >= 0.3 is 0 Å². The van der Waals surface area contributed by atoms with Crippen LogP contribution in [0.1, 0.15) is 32.1 Å². The van der Waals surface area contributed by atoms with Gasteiger partial charge < -0.3 is 15.2 Å². The summed E-state index contributed by atoms with van der Waals surface area (Å²) >= 11 is 0. The van der Waals surface area contributed by atoms with Gasteiger partial charge in [-0.3, -0.25) is 0 Å². The summed E-state index contributed by atoms with van der Waals surface area (Å²) in [5.41, 5.74) is 5.92. The Kier molecular flexibility index (Phi) is 4.08. The molecule has 5 nitrogen and oxygen atoms in total. The molecule has 21 heavy (non-hydrogen) atoms. The fourth-order valence-electron chi connectivity index (χ4n) is 2.98. The van der Waals surface area contributed by atoms with E-state index in [4.69, 9.17) is 15.2 Å². The van der Waals surface area contributed by atoms with E-state index in [0.717, 1.165) is 19.3 Å². The van der Waals surface area contributed by atoms with E-state index in [1.165, 1.54) is 0 Å². The Hall–Kier alpha value is -1.27. The molecule has 1 aliphatic carbocycles. The summed E-state index contributed by atoms with van der Waals surface area (Å²) in [4.78, 5) is 0.311. The maximum atomic E-state index is 12.8. The van der Waals surface area contributed by atoms with Gasteiger partial charge in [-0.2, -0.15) is 0 Å². The van der Waals surface area contributed by atoms with Gasteiger partial charge in [-0.15, -0.1) is 0 Å². The summed E-state index contributed by atoms with van der Waals surface area (Å²) < 4.78 is 36.6. The van der Waals surface area contributed by atoms with Crippen LogP contribution in [0.4, 0.5) is 0 Å². The van der Waals surface area contributed by atoms with Gasteiger partial charge in [0.2, 0.25) is 0 Å². The molecule has 3 rings (SSSR count). The zero-order chi connectivity index (χ0) is 14.9. The van der Waals surface area contributed by atoms with Gasteiger partial charge in [0.1, 0.15) is 0 Å². The van der Waals surface area contributed by atoms with Crippen LogP contribution in [0.25, 0.3) is 0 Å². The number of ether oxygens (including phenoxy) is 2. The molecule has 0 aromatic heterocycles. The molecule has 2 unspecified atom stereocenters. The second kappa shape index (κ2) is 5.85. The minimum atomic E-state index is -3.36. The average Bonchev–Trinajstić information content (AvgIpc) is 2.71. The van der Waals surface area contributed by atoms with Crippen LogP contribution in [0.3, 0.4) is 0 Å². The maximum absolute atomic E-state index is 12.8.